The van der Waals surface area contributed by atoms with Gasteiger partial charge >= 0.3 is 0 Å². The molecule has 0 bridgehead atoms. The van der Waals surface area contributed by atoms with Crippen molar-refractivity contribution in [2.75, 3.05) is 19.6 Å². The number of aliphatic hydroxyl groups excluding tert-OH is 2. The molecule has 44 heavy (non-hydrogen) atoms. The Bertz CT molecular complexity index is 1270. The molecule has 0 amide bonds. The minimum Gasteiger partial charge on any atom is -0.389 e. The molecule has 2 heterocycles. The highest BCUT2D eigenvalue weighted by atomic mass is 16.5. The highest BCUT2D eigenvalue weighted by molar-refractivity contribution is 5.36. The number of rotatable bonds is 7. The molecular formula is C39H58N2O3. The van der Waals surface area contributed by atoms with E-state index >= 15 is 0 Å². The van der Waals surface area contributed by atoms with Crippen LogP contribution in [0.4, 0.5) is 0 Å². The van der Waals surface area contributed by atoms with Crippen molar-refractivity contribution >= 4 is 0 Å². The van der Waals surface area contributed by atoms with Crippen molar-refractivity contribution in [3.05, 3.63) is 47.5 Å². The average molecular weight is 603 g/mol. The molecule has 13 atom stereocenters. The van der Waals surface area contributed by atoms with Gasteiger partial charge in [-0.3, -0.25) is 10.2 Å². The zero-order chi connectivity index (χ0) is 30.5. The van der Waals surface area contributed by atoms with Crippen LogP contribution in [0.15, 0.2) is 42.0 Å². The predicted molar refractivity (Wildman–Crippen MR) is 175 cm³/mol. The highest BCUT2D eigenvalue weighted by Gasteiger charge is 2.84. The third kappa shape index (κ3) is 4.28. The van der Waals surface area contributed by atoms with Crippen molar-refractivity contribution in [1.29, 1.82) is 0 Å². The van der Waals surface area contributed by atoms with E-state index in [9.17, 15) is 10.2 Å². The van der Waals surface area contributed by atoms with Gasteiger partial charge in [-0.1, -0.05) is 69.7 Å². The van der Waals surface area contributed by atoms with E-state index in [1.165, 1.54) is 56.9 Å². The van der Waals surface area contributed by atoms with E-state index in [1.807, 2.05) is 0 Å². The molecule has 6 fully saturated rings. The van der Waals surface area contributed by atoms with Gasteiger partial charge in [0.05, 0.1) is 17.8 Å². The molecule has 4 saturated carbocycles. The summed E-state index contributed by atoms with van der Waals surface area (Å²) in [7, 11) is 0. The smallest absolute Gasteiger partial charge is 0.105 e. The van der Waals surface area contributed by atoms with Gasteiger partial charge in [-0.25, -0.2) is 0 Å². The Labute approximate surface area is 266 Å². The van der Waals surface area contributed by atoms with Crippen LogP contribution in [-0.4, -0.2) is 64.8 Å². The quantitative estimate of drug-likeness (QED) is 0.251. The summed E-state index contributed by atoms with van der Waals surface area (Å²) in [5.41, 5.74) is 3.91. The molecule has 2 spiro atoms. The maximum atomic E-state index is 10.7. The minimum atomic E-state index is -0.465. The normalized spacial score (nSPS) is 49.8. The molecule has 242 valence electrons. The maximum absolute atomic E-state index is 10.7. The summed E-state index contributed by atoms with van der Waals surface area (Å²) in [6, 6.07) is 11.0. The van der Waals surface area contributed by atoms with Gasteiger partial charge in [-0.05, 0) is 111 Å². The first-order chi connectivity index (χ1) is 21.1. The number of piperidine rings is 1. The summed E-state index contributed by atoms with van der Waals surface area (Å²) in [6.07, 6.45) is 14.7. The van der Waals surface area contributed by atoms with Crippen molar-refractivity contribution in [3.8, 4) is 0 Å². The molecule has 0 radical (unpaired) electrons. The van der Waals surface area contributed by atoms with Crippen molar-refractivity contribution in [2.45, 2.75) is 128 Å². The number of hydrogen-bond acceptors (Lipinski definition) is 5. The number of hydrogen-bond donors (Lipinski definition) is 3. The molecule has 3 N–H and O–H groups in total. The summed E-state index contributed by atoms with van der Waals surface area (Å²) < 4.78 is 7.52. The molecule has 2 aliphatic heterocycles. The molecule has 2 saturated heterocycles. The van der Waals surface area contributed by atoms with Crippen LogP contribution in [0.5, 0.6) is 0 Å². The number of likely N-dealkylation sites (tertiary alicyclic amines) is 1. The first-order valence-corrected chi connectivity index (χ1v) is 18.4. The van der Waals surface area contributed by atoms with Crippen molar-refractivity contribution in [1.82, 2.24) is 10.2 Å². The Morgan fingerprint density at radius 2 is 1.89 bits per heavy atom. The topological polar surface area (TPSA) is 65.0 Å². The second kappa shape index (κ2) is 10.6. The Morgan fingerprint density at radius 1 is 1.07 bits per heavy atom. The second-order valence-electron chi connectivity index (χ2n) is 17.2. The number of aryl methyl sites for hydroxylation is 1. The van der Waals surface area contributed by atoms with E-state index in [0.29, 0.717) is 34.8 Å². The third-order valence-corrected chi connectivity index (χ3v) is 15.3. The summed E-state index contributed by atoms with van der Waals surface area (Å²) in [6.45, 7) is 13.1. The molecule has 5 heteroatoms. The van der Waals surface area contributed by atoms with Gasteiger partial charge in [-0.15, -0.1) is 0 Å². The third-order valence-electron chi connectivity index (χ3n) is 15.3. The van der Waals surface area contributed by atoms with Crippen LogP contribution in [0.2, 0.25) is 0 Å². The van der Waals surface area contributed by atoms with Crippen LogP contribution in [0.25, 0.3) is 0 Å². The molecule has 5 unspecified atom stereocenters. The van der Waals surface area contributed by atoms with Crippen molar-refractivity contribution in [3.63, 3.8) is 0 Å². The summed E-state index contributed by atoms with van der Waals surface area (Å²) in [4.78, 5) is 2.75. The first-order valence-electron chi connectivity index (χ1n) is 18.4. The van der Waals surface area contributed by atoms with E-state index in [2.05, 4.69) is 74.3 Å². The SMILES string of the molecule is C[C@H]1CC2O[C@]3(CC[C@H]4[C@@H]5CCC6=C[C@@H](O)CC[C@]6(C)C5CC45CC53C)[C@H](C)[C@@H]2N(CCNC(O)CCc2ccccc2)C1. The van der Waals surface area contributed by atoms with Crippen LogP contribution in [-0.2, 0) is 11.2 Å². The average Bonchev–Trinajstić information content (AvgIpc) is 3.34. The molecule has 5 nitrogen and oxygen atoms in total. The van der Waals surface area contributed by atoms with E-state index in [-0.39, 0.29) is 17.1 Å². The lowest BCUT2D eigenvalue weighted by molar-refractivity contribution is -0.148. The lowest BCUT2D eigenvalue weighted by atomic mass is 9.56. The monoisotopic (exact) mass is 602 g/mol. The lowest BCUT2D eigenvalue weighted by Crippen LogP contribution is -2.55. The number of fused-ring (bicyclic) bond motifs is 6. The molecule has 5 aliphatic carbocycles. The minimum absolute atomic E-state index is 0.000400. The van der Waals surface area contributed by atoms with E-state index < -0.39 is 6.23 Å². The standard InChI is InChI=1S/C39H58N2O3/c1-25-20-33-35(41(23-25)19-18-40-34(43)13-10-27-8-6-5-7-9-27)26(2)39(44-33)17-15-31-30-12-11-28-21-29(42)14-16-36(28,3)32(30)22-38(31)24-37(38,39)4/h5-9,21,25-26,29-35,40,42-43H,10-20,22-24H2,1-4H3/t25-,26+,29-,30-,31-,32?,33?,34?,35-,36-,37?,38?,39+/m0/s1. The molecule has 0 aromatic heterocycles. The van der Waals surface area contributed by atoms with E-state index in [4.69, 9.17) is 4.74 Å². The largest absolute Gasteiger partial charge is 0.389 e. The number of nitrogens with one attached hydrogen (secondary N) is 1. The summed E-state index contributed by atoms with van der Waals surface area (Å²) in [5, 5.41) is 24.6. The Hall–Kier alpha value is -1.24. The van der Waals surface area contributed by atoms with Crippen LogP contribution >= 0.6 is 0 Å². The van der Waals surface area contributed by atoms with Crippen molar-refractivity contribution in [2.24, 2.45) is 45.8 Å². The van der Waals surface area contributed by atoms with Gasteiger partial charge in [0.15, 0.2) is 0 Å². The number of allylic oxidation sites excluding steroid dienone is 1. The maximum Gasteiger partial charge on any atom is 0.105 e. The summed E-state index contributed by atoms with van der Waals surface area (Å²) >= 11 is 0. The van der Waals surface area contributed by atoms with Crippen molar-refractivity contribution < 1.29 is 14.9 Å². The highest BCUT2D eigenvalue weighted by Crippen LogP contribution is 2.87. The zero-order valence-corrected chi connectivity index (χ0v) is 27.8. The fraction of sp³-hybridized carbons (Fsp3) is 0.795. The molecule has 7 aliphatic rings. The first kappa shape index (κ1) is 30.1. The second-order valence-corrected chi connectivity index (χ2v) is 17.2. The van der Waals surface area contributed by atoms with Crippen LogP contribution in [0.3, 0.4) is 0 Å². The number of benzene rings is 1. The fourth-order valence-corrected chi connectivity index (χ4v) is 13.2. The Morgan fingerprint density at radius 3 is 2.70 bits per heavy atom. The molecular weight excluding hydrogens is 544 g/mol. The van der Waals surface area contributed by atoms with Gasteiger partial charge in [0.1, 0.15) is 6.23 Å². The van der Waals surface area contributed by atoms with Gasteiger partial charge in [0.25, 0.3) is 0 Å². The van der Waals surface area contributed by atoms with Crippen LogP contribution in [0, 0.1) is 45.8 Å². The Balaban J connectivity index is 0.968. The lowest BCUT2D eigenvalue weighted by Gasteiger charge is -2.50. The number of aliphatic hydroxyl groups is 2. The van der Waals surface area contributed by atoms with Gasteiger partial charge in [-0.2, -0.15) is 0 Å². The molecule has 1 aromatic carbocycles. The molecule has 1 aromatic rings. The van der Waals surface area contributed by atoms with Gasteiger partial charge in [0.2, 0.25) is 0 Å². The predicted octanol–water partition coefficient (Wildman–Crippen LogP) is 6.34. The van der Waals surface area contributed by atoms with E-state index in [1.54, 1.807) is 5.57 Å². The summed E-state index contributed by atoms with van der Waals surface area (Å²) in [5.74, 6) is 3.68. The molecule has 8 rings (SSSR count). The van der Waals surface area contributed by atoms with Gasteiger partial charge in [0, 0.05) is 37.0 Å². The number of ether oxygens (including phenoxy) is 1. The van der Waals surface area contributed by atoms with Crippen LogP contribution in [0.1, 0.15) is 97.5 Å². The Kier molecular flexibility index (Phi) is 7.28. The van der Waals surface area contributed by atoms with Crippen LogP contribution < -0.4 is 5.32 Å². The van der Waals surface area contributed by atoms with E-state index in [0.717, 1.165) is 56.7 Å². The fourth-order valence-electron chi connectivity index (χ4n) is 13.2. The zero-order valence-electron chi connectivity index (χ0n) is 27.8. The number of nitrogens with zero attached hydrogens (tertiary/aromatic N) is 1. The van der Waals surface area contributed by atoms with Gasteiger partial charge < -0.3 is 14.9 Å².